The minimum atomic E-state index is -0.370. The lowest BCUT2D eigenvalue weighted by molar-refractivity contribution is 0.0950. The Morgan fingerprint density at radius 1 is 1.06 bits per heavy atom. The van der Waals surface area contributed by atoms with E-state index in [1.54, 1.807) is 12.3 Å². The van der Waals surface area contributed by atoms with Gasteiger partial charge < -0.3 is 4.74 Å². The summed E-state index contributed by atoms with van der Waals surface area (Å²) in [5, 5.41) is 11.7. The Balaban J connectivity index is 1.32. The van der Waals surface area contributed by atoms with Gasteiger partial charge in [-0.05, 0) is 66.1 Å². The maximum absolute atomic E-state index is 12.4. The van der Waals surface area contributed by atoms with Crippen LogP contribution in [0.3, 0.4) is 0 Å². The van der Waals surface area contributed by atoms with Crippen molar-refractivity contribution in [1.82, 2.24) is 15.6 Å². The van der Waals surface area contributed by atoms with E-state index in [0.717, 1.165) is 28.0 Å². The van der Waals surface area contributed by atoms with Crippen molar-refractivity contribution in [3.63, 3.8) is 0 Å². The van der Waals surface area contributed by atoms with Crippen molar-refractivity contribution in [3.8, 4) is 17.0 Å². The molecule has 0 fully saturated rings. The Kier molecular flexibility index (Phi) is 7.53. The molecule has 0 aliphatic heterocycles. The highest BCUT2D eigenvalue weighted by Gasteiger charge is 2.10. The van der Waals surface area contributed by atoms with Gasteiger partial charge in [-0.25, -0.2) is 5.43 Å². The fourth-order valence-corrected chi connectivity index (χ4v) is 3.28. The highest BCUT2D eigenvalue weighted by Crippen LogP contribution is 2.22. The Labute approximate surface area is 202 Å². The monoisotopic (exact) mass is 470 g/mol. The van der Waals surface area contributed by atoms with Crippen LogP contribution in [0.2, 0.25) is 5.02 Å². The van der Waals surface area contributed by atoms with Crippen molar-refractivity contribution in [2.24, 2.45) is 5.10 Å². The van der Waals surface area contributed by atoms with E-state index in [1.165, 1.54) is 0 Å². The first-order valence-corrected chi connectivity index (χ1v) is 11.0. The number of hydrazone groups is 1. The van der Waals surface area contributed by atoms with E-state index in [0.29, 0.717) is 23.0 Å². The SMILES string of the molecule is CC(/C=N\NC(=O)c1cc(-c2ccc(OCc3ccc(Cl)cc3)cc2)n[nH]1)=C\c1ccccc1. The fraction of sp³-hybridized carbons (Fsp3) is 0.0741. The van der Waals surface area contributed by atoms with Gasteiger partial charge >= 0.3 is 0 Å². The number of ether oxygens (including phenoxy) is 1. The molecule has 34 heavy (non-hydrogen) atoms. The lowest BCUT2D eigenvalue weighted by Crippen LogP contribution is -2.17. The predicted octanol–water partition coefficient (Wildman–Crippen LogP) is 6.13. The number of aromatic amines is 1. The van der Waals surface area contributed by atoms with Crippen LogP contribution in [0, 0.1) is 0 Å². The van der Waals surface area contributed by atoms with Gasteiger partial charge in [0.25, 0.3) is 5.91 Å². The summed E-state index contributed by atoms with van der Waals surface area (Å²) in [5.74, 6) is 0.367. The molecule has 1 aromatic heterocycles. The number of carbonyl (C=O) groups excluding carboxylic acids is 1. The minimum Gasteiger partial charge on any atom is -0.489 e. The molecule has 4 rings (SSSR count). The molecule has 0 aliphatic carbocycles. The van der Waals surface area contributed by atoms with Gasteiger partial charge in [0.15, 0.2) is 0 Å². The summed E-state index contributed by atoms with van der Waals surface area (Å²) in [6, 6.07) is 26.6. The van der Waals surface area contributed by atoms with Crippen LogP contribution in [-0.4, -0.2) is 22.3 Å². The second-order valence-corrected chi connectivity index (χ2v) is 8.04. The normalized spacial score (nSPS) is 11.5. The average molecular weight is 471 g/mol. The summed E-state index contributed by atoms with van der Waals surface area (Å²) in [5.41, 5.74) is 7.36. The van der Waals surface area contributed by atoms with Crippen LogP contribution in [0.25, 0.3) is 17.3 Å². The number of aromatic nitrogens is 2. The third kappa shape index (κ3) is 6.43. The Morgan fingerprint density at radius 2 is 1.79 bits per heavy atom. The molecule has 0 saturated heterocycles. The maximum Gasteiger partial charge on any atom is 0.289 e. The number of benzene rings is 3. The number of H-pyrrole nitrogens is 1. The van der Waals surface area contributed by atoms with Crippen LogP contribution < -0.4 is 10.2 Å². The van der Waals surface area contributed by atoms with Gasteiger partial charge in [0, 0.05) is 10.6 Å². The highest BCUT2D eigenvalue weighted by molar-refractivity contribution is 6.30. The van der Waals surface area contributed by atoms with Crippen LogP contribution in [-0.2, 0) is 6.61 Å². The van der Waals surface area contributed by atoms with Gasteiger partial charge in [0.1, 0.15) is 18.1 Å². The van der Waals surface area contributed by atoms with Crippen LogP contribution in [0.5, 0.6) is 5.75 Å². The van der Waals surface area contributed by atoms with E-state index in [2.05, 4.69) is 20.7 Å². The molecule has 7 heteroatoms. The van der Waals surface area contributed by atoms with Crippen LogP contribution in [0.1, 0.15) is 28.5 Å². The van der Waals surface area contributed by atoms with Gasteiger partial charge in [-0.3, -0.25) is 9.89 Å². The molecule has 0 aliphatic rings. The first kappa shape index (κ1) is 23.0. The number of carbonyl (C=O) groups is 1. The van der Waals surface area contributed by atoms with Gasteiger partial charge in [-0.2, -0.15) is 10.2 Å². The molecule has 4 aromatic rings. The number of rotatable bonds is 8. The lowest BCUT2D eigenvalue weighted by Gasteiger charge is -2.07. The third-order valence-electron chi connectivity index (χ3n) is 4.92. The number of allylic oxidation sites excluding steroid dienone is 1. The predicted molar refractivity (Wildman–Crippen MR) is 136 cm³/mol. The molecule has 0 radical (unpaired) electrons. The first-order valence-electron chi connectivity index (χ1n) is 10.7. The van der Waals surface area contributed by atoms with Crippen molar-refractivity contribution in [1.29, 1.82) is 0 Å². The summed E-state index contributed by atoms with van der Waals surface area (Å²) in [7, 11) is 0. The second kappa shape index (κ2) is 11.1. The lowest BCUT2D eigenvalue weighted by atomic mass is 10.1. The molecule has 0 atom stereocenters. The molecular formula is C27H23ClN4O2. The molecule has 3 aromatic carbocycles. The zero-order chi connectivity index (χ0) is 23.8. The molecular weight excluding hydrogens is 448 g/mol. The average Bonchev–Trinajstić information content (AvgIpc) is 3.35. The first-order chi connectivity index (χ1) is 16.6. The van der Waals surface area contributed by atoms with Crippen molar-refractivity contribution in [2.45, 2.75) is 13.5 Å². The number of hydrogen-bond acceptors (Lipinski definition) is 4. The zero-order valence-electron chi connectivity index (χ0n) is 18.5. The summed E-state index contributed by atoms with van der Waals surface area (Å²) in [6.07, 6.45) is 3.58. The number of halogens is 1. The topological polar surface area (TPSA) is 79.4 Å². The van der Waals surface area contributed by atoms with Crippen LogP contribution >= 0.6 is 11.6 Å². The van der Waals surface area contributed by atoms with Crippen molar-refractivity contribution in [3.05, 3.63) is 112 Å². The maximum atomic E-state index is 12.4. The molecule has 1 heterocycles. The van der Waals surface area contributed by atoms with Crippen LogP contribution in [0.4, 0.5) is 0 Å². The molecule has 170 valence electrons. The molecule has 0 saturated carbocycles. The van der Waals surface area contributed by atoms with E-state index in [-0.39, 0.29) is 5.91 Å². The standard InChI is InChI=1S/C27H23ClN4O2/c1-19(15-20-5-3-2-4-6-20)17-29-32-27(33)26-16-25(30-31-26)22-9-13-24(14-10-22)34-18-21-7-11-23(28)12-8-21/h2-17H,18H2,1H3,(H,30,31)(H,32,33)/b19-15+,29-17-. The van der Waals surface area contributed by atoms with E-state index in [4.69, 9.17) is 16.3 Å². The minimum absolute atomic E-state index is 0.319. The molecule has 6 nitrogen and oxygen atoms in total. The van der Waals surface area contributed by atoms with Crippen molar-refractivity contribution >= 4 is 29.8 Å². The Morgan fingerprint density at radius 3 is 2.53 bits per heavy atom. The van der Waals surface area contributed by atoms with E-state index < -0.39 is 0 Å². The van der Waals surface area contributed by atoms with E-state index >= 15 is 0 Å². The van der Waals surface area contributed by atoms with Gasteiger partial charge in [-0.1, -0.05) is 60.1 Å². The molecule has 2 N–H and O–H groups in total. The summed E-state index contributed by atoms with van der Waals surface area (Å²) < 4.78 is 5.81. The van der Waals surface area contributed by atoms with Crippen LogP contribution in [0.15, 0.2) is 95.6 Å². The summed E-state index contributed by atoms with van der Waals surface area (Å²) in [6.45, 7) is 2.36. The van der Waals surface area contributed by atoms with E-state index in [1.807, 2.05) is 91.9 Å². The van der Waals surface area contributed by atoms with Crippen molar-refractivity contribution < 1.29 is 9.53 Å². The number of nitrogens with zero attached hydrogens (tertiary/aromatic N) is 2. The van der Waals surface area contributed by atoms with Gasteiger partial charge in [-0.15, -0.1) is 0 Å². The van der Waals surface area contributed by atoms with E-state index in [9.17, 15) is 4.79 Å². The summed E-state index contributed by atoms with van der Waals surface area (Å²) >= 11 is 5.91. The highest BCUT2D eigenvalue weighted by atomic mass is 35.5. The fourth-order valence-electron chi connectivity index (χ4n) is 3.16. The number of hydrogen-bond donors (Lipinski definition) is 2. The smallest absolute Gasteiger partial charge is 0.289 e. The summed E-state index contributed by atoms with van der Waals surface area (Å²) in [4.78, 5) is 12.4. The number of amides is 1. The molecule has 0 bridgehead atoms. The van der Waals surface area contributed by atoms with Gasteiger partial charge in [0.05, 0.1) is 11.9 Å². The van der Waals surface area contributed by atoms with Gasteiger partial charge in [0.2, 0.25) is 0 Å². The largest absolute Gasteiger partial charge is 0.489 e. The molecule has 0 spiro atoms. The molecule has 0 unspecified atom stereocenters. The number of nitrogens with one attached hydrogen (secondary N) is 2. The second-order valence-electron chi connectivity index (χ2n) is 7.60. The quantitative estimate of drug-likeness (QED) is 0.240. The Bertz CT molecular complexity index is 1290. The van der Waals surface area contributed by atoms with Crippen molar-refractivity contribution in [2.75, 3.05) is 0 Å². The Hall–Kier alpha value is -4.16. The zero-order valence-corrected chi connectivity index (χ0v) is 19.3. The molecule has 1 amide bonds. The third-order valence-corrected chi connectivity index (χ3v) is 5.17.